The SMILES string of the molecule is CN(CC1CCCO1)S(=O)(=O)c1ccc(C(=O)Nc2cccc(Br)c2)cc1. The molecule has 1 fully saturated rings. The Hall–Kier alpha value is -1.74. The van der Waals surface area contributed by atoms with E-state index in [9.17, 15) is 13.2 Å². The topological polar surface area (TPSA) is 75.7 Å². The van der Waals surface area contributed by atoms with Crippen molar-refractivity contribution in [3.05, 3.63) is 58.6 Å². The molecule has 27 heavy (non-hydrogen) atoms. The number of carbonyl (C=O) groups is 1. The fourth-order valence-corrected chi connectivity index (χ4v) is 4.50. The molecule has 0 bridgehead atoms. The molecule has 1 amide bonds. The first-order valence-electron chi connectivity index (χ1n) is 8.61. The summed E-state index contributed by atoms with van der Waals surface area (Å²) in [6, 6.07) is 13.2. The number of hydrogen-bond donors (Lipinski definition) is 1. The van der Waals surface area contributed by atoms with Crippen LogP contribution in [0.5, 0.6) is 0 Å². The van der Waals surface area contributed by atoms with Gasteiger partial charge in [0, 0.05) is 35.9 Å². The quantitative estimate of drug-likeness (QED) is 0.727. The highest BCUT2D eigenvalue weighted by Gasteiger charge is 2.26. The number of sulfonamides is 1. The van der Waals surface area contributed by atoms with Gasteiger partial charge in [-0.1, -0.05) is 22.0 Å². The van der Waals surface area contributed by atoms with Gasteiger partial charge in [-0.3, -0.25) is 4.79 Å². The van der Waals surface area contributed by atoms with Gasteiger partial charge in [0.1, 0.15) is 0 Å². The molecule has 1 aliphatic heterocycles. The summed E-state index contributed by atoms with van der Waals surface area (Å²) in [6.45, 7) is 1.01. The number of likely N-dealkylation sites (N-methyl/N-ethyl adjacent to an activating group) is 1. The van der Waals surface area contributed by atoms with Crippen LogP contribution in [-0.2, 0) is 14.8 Å². The van der Waals surface area contributed by atoms with Crippen molar-refractivity contribution in [2.75, 3.05) is 25.5 Å². The Bertz CT molecular complexity index is 910. The van der Waals surface area contributed by atoms with Crippen LogP contribution in [0.1, 0.15) is 23.2 Å². The Morgan fingerprint density at radius 3 is 2.63 bits per heavy atom. The van der Waals surface area contributed by atoms with Crippen LogP contribution in [0, 0.1) is 0 Å². The number of nitrogens with one attached hydrogen (secondary N) is 1. The summed E-state index contributed by atoms with van der Waals surface area (Å²) >= 11 is 3.35. The molecule has 1 heterocycles. The molecule has 2 aromatic rings. The minimum atomic E-state index is -3.62. The average molecular weight is 453 g/mol. The lowest BCUT2D eigenvalue weighted by Gasteiger charge is -2.20. The lowest BCUT2D eigenvalue weighted by Crippen LogP contribution is -2.34. The average Bonchev–Trinajstić information content (AvgIpc) is 3.15. The van der Waals surface area contributed by atoms with Crippen LogP contribution in [0.25, 0.3) is 0 Å². The summed E-state index contributed by atoms with van der Waals surface area (Å²) in [5.41, 5.74) is 1.04. The summed E-state index contributed by atoms with van der Waals surface area (Å²) in [4.78, 5) is 12.5. The van der Waals surface area contributed by atoms with Crippen molar-refractivity contribution in [2.45, 2.75) is 23.8 Å². The highest BCUT2D eigenvalue weighted by molar-refractivity contribution is 9.10. The Labute approximate surface area is 167 Å². The first-order chi connectivity index (χ1) is 12.9. The monoisotopic (exact) mass is 452 g/mol. The van der Waals surface area contributed by atoms with E-state index in [4.69, 9.17) is 4.74 Å². The van der Waals surface area contributed by atoms with E-state index in [2.05, 4.69) is 21.2 Å². The molecule has 2 aromatic carbocycles. The number of ether oxygens (including phenoxy) is 1. The van der Waals surface area contributed by atoms with Gasteiger partial charge in [0.2, 0.25) is 10.0 Å². The minimum Gasteiger partial charge on any atom is -0.377 e. The van der Waals surface area contributed by atoms with Crippen LogP contribution in [0.3, 0.4) is 0 Å². The van der Waals surface area contributed by atoms with Crippen LogP contribution < -0.4 is 5.32 Å². The molecule has 0 spiro atoms. The van der Waals surface area contributed by atoms with Gasteiger partial charge in [-0.15, -0.1) is 0 Å². The van der Waals surface area contributed by atoms with Gasteiger partial charge in [-0.25, -0.2) is 8.42 Å². The van der Waals surface area contributed by atoms with Crippen LogP contribution in [0.15, 0.2) is 57.9 Å². The summed E-state index contributed by atoms with van der Waals surface area (Å²) in [7, 11) is -2.07. The minimum absolute atomic E-state index is 0.0555. The van der Waals surface area contributed by atoms with Crippen molar-refractivity contribution >= 4 is 37.5 Å². The van der Waals surface area contributed by atoms with E-state index in [1.54, 1.807) is 19.2 Å². The second-order valence-electron chi connectivity index (χ2n) is 6.41. The van der Waals surface area contributed by atoms with Crippen molar-refractivity contribution in [1.29, 1.82) is 0 Å². The second-order valence-corrected chi connectivity index (χ2v) is 9.37. The third-order valence-electron chi connectivity index (χ3n) is 4.39. The maximum atomic E-state index is 12.7. The first-order valence-corrected chi connectivity index (χ1v) is 10.8. The molecule has 6 nitrogen and oxygen atoms in total. The number of nitrogens with zero attached hydrogens (tertiary/aromatic N) is 1. The number of benzene rings is 2. The lowest BCUT2D eigenvalue weighted by molar-refractivity contribution is 0.0979. The zero-order valence-corrected chi connectivity index (χ0v) is 17.3. The van der Waals surface area contributed by atoms with Gasteiger partial charge in [0.15, 0.2) is 0 Å². The third kappa shape index (κ3) is 4.95. The number of rotatable bonds is 6. The smallest absolute Gasteiger partial charge is 0.255 e. The maximum Gasteiger partial charge on any atom is 0.255 e. The largest absolute Gasteiger partial charge is 0.377 e. The van der Waals surface area contributed by atoms with Crippen LogP contribution in [0.4, 0.5) is 5.69 Å². The lowest BCUT2D eigenvalue weighted by atomic mass is 10.2. The Morgan fingerprint density at radius 2 is 2.00 bits per heavy atom. The molecule has 1 saturated heterocycles. The Balaban J connectivity index is 1.69. The van der Waals surface area contributed by atoms with Crippen LogP contribution in [-0.4, -0.2) is 44.9 Å². The summed E-state index contributed by atoms with van der Waals surface area (Å²) < 4.78 is 33.1. The molecule has 1 N–H and O–H groups in total. The van der Waals surface area contributed by atoms with Crippen LogP contribution >= 0.6 is 15.9 Å². The fourth-order valence-electron chi connectivity index (χ4n) is 2.90. The highest BCUT2D eigenvalue weighted by atomic mass is 79.9. The van der Waals surface area contributed by atoms with Gasteiger partial charge < -0.3 is 10.1 Å². The molecule has 0 aromatic heterocycles. The number of amides is 1. The molecule has 0 saturated carbocycles. The Morgan fingerprint density at radius 1 is 1.26 bits per heavy atom. The van der Waals surface area contributed by atoms with Crippen molar-refractivity contribution in [3.8, 4) is 0 Å². The maximum absolute atomic E-state index is 12.7. The van der Waals surface area contributed by atoms with E-state index in [0.29, 0.717) is 24.4 Å². The van der Waals surface area contributed by atoms with Crippen molar-refractivity contribution in [2.24, 2.45) is 0 Å². The Kier molecular flexibility index (Phi) is 6.31. The van der Waals surface area contributed by atoms with Gasteiger partial charge in [-0.05, 0) is 55.3 Å². The van der Waals surface area contributed by atoms with Gasteiger partial charge in [-0.2, -0.15) is 4.31 Å². The predicted octanol–water partition coefficient (Wildman–Crippen LogP) is 3.50. The number of anilines is 1. The fraction of sp³-hybridized carbons (Fsp3) is 0.316. The molecule has 1 unspecified atom stereocenters. The molecule has 1 aliphatic rings. The van der Waals surface area contributed by atoms with E-state index in [0.717, 1.165) is 17.3 Å². The molecule has 3 rings (SSSR count). The number of hydrogen-bond acceptors (Lipinski definition) is 4. The van der Waals surface area contributed by atoms with Gasteiger partial charge in [0.25, 0.3) is 5.91 Å². The van der Waals surface area contributed by atoms with Crippen molar-refractivity contribution in [1.82, 2.24) is 4.31 Å². The molecule has 1 atom stereocenters. The van der Waals surface area contributed by atoms with Gasteiger partial charge >= 0.3 is 0 Å². The van der Waals surface area contributed by atoms with E-state index in [1.807, 2.05) is 12.1 Å². The first kappa shape index (κ1) is 20.0. The van der Waals surface area contributed by atoms with Crippen molar-refractivity contribution < 1.29 is 17.9 Å². The van der Waals surface area contributed by atoms with Gasteiger partial charge in [0.05, 0.1) is 11.0 Å². The van der Waals surface area contributed by atoms with Crippen molar-refractivity contribution in [3.63, 3.8) is 0 Å². The molecule has 0 aliphatic carbocycles. The molecule has 8 heteroatoms. The second kappa shape index (κ2) is 8.52. The zero-order chi connectivity index (χ0) is 19.4. The number of carbonyl (C=O) groups excluding carboxylic acids is 1. The molecular formula is C19H21BrN2O4S. The molecular weight excluding hydrogens is 432 g/mol. The third-order valence-corrected chi connectivity index (χ3v) is 6.72. The van der Waals surface area contributed by atoms with Crippen LogP contribution in [0.2, 0.25) is 0 Å². The zero-order valence-electron chi connectivity index (χ0n) is 14.9. The number of halogens is 1. The normalized spacial score (nSPS) is 17.2. The molecule has 144 valence electrons. The predicted molar refractivity (Wildman–Crippen MR) is 107 cm³/mol. The van der Waals surface area contributed by atoms with E-state index < -0.39 is 10.0 Å². The van der Waals surface area contributed by atoms with E-state index in [1.165, 1.54) is 28.6 Å². The van der Waals surface area contributed by atoms with E-state index >= 15 is 0 Å². The van der Waals surface area contributed by atoms with E-state index in [-0.39, 0.29) is 16.9 Å². The highest BCUT2D eigenvalue weighted by Crippen LogP contribution is 2.20. The molecule has 0 radical (unpaired) electrons. The summed E-state index contributed by atoms with van der Waals surface area (Å²) in [5.74, 6) is -0.301. The summed E-state index contributed by atoms with van der Waals surface area (Å²) in [5, 5.41) is 2.78. The standard InChI is InChI=1S/C19H21BrN2O4S/c1-22(13-17-6-3-11-26-17)27(24,25)18-9-7-14(8-10-18)19(23)21-16-5-2-4-15(20)12-16/h2,4-5,7-10,12,17H,3,6,11,13H2,1H3,(H,21,23). The summed E-state index contributed by atoms with van der Waals surface area (Å²) in [6.07, 6.45) is 1.77.